The Morgan fingerprint density at radius 2 is 1.74 bits per heavy atom. The molecule has 0 aromatic heterocycles. The summed E-state index contributed by atoms with van der Waals surface area (Å²) in [5.41, 5.74) is 3.01. The molecule has 1 heteroatoms. The molecule has 1 N–H and O–H groups in total. The fraction of sp³-hybridized carbons (Fsp3) is 0.667. The summed E-state index contributed by atoms with van der Waals surface area (Å²) in [5.74, 6) is 2.24. The maximum Gasteiger partial charge on any atom is 0.0139 e. The second-order valence-electron chi connectivity index (χ2n) is 6.92. The van der Waals surface area contributed by atoms with Crippen molar-refractivity contribution < 1.29 is 0 Å². The molecule has 1 aliphatic heterocycles. The van der Waals surface area contributed by atoms with Crippen LogP contribution in [0.4, 0.5) is 0 Å². The number of nitrogens with one attached hydrogen (secondary N) is 1. The molecule has 0 spiro atoms. The van der Waals surface area contributed by atoms with Gasteiger partial charge < -0.3 is 5.32 Å². The lowest BCUT2D eigenvalue weighted by atomic mass is 9.87. The van der Waals surface area contributed by atoms with Gasteiger partial charge in [-0.05, 0) is 48.8 Å². The van der Waals surface area contributed by atoms with Crippen LogP contribution in [0, 0.1) is 11.8 Å². The molecule has 2 unspecified atom stereocenters. The third kappa shape index (κ3) is 4.07. The van der Waals surface area contributed by atoms with Gasteiger partial charge in [-0.2, -0.15) is 0 Å². The average molecular weight is 259 g/mol. The van der Waals surface area contributed by atoms with Crippen LogP contribution in [-0.4, -0.2) is 12.6 Å². The summed E-state index contributed by atoms with van der Waals surface area (Å²) in [5, 5.41) is 3.68. The lowest BCUT2D eigenvalue weighted by Gasteiger charge is -2.22. The maximum absolute atomic E-state index is 3.68. The Balaban J connectivity index is 2.04. The van der Waals surface area contributed by atoms with Gasteiger partial charge in [0.05, 0.1) is 0 Å². The summed E-state index contributed by atoms with van der Waals surface area (Å²) < 4.78 is 0. The lowest BCUT2D eigenvalue weighted by Crippen LogP contribution is -2.27. The average Bonchev–Trinajstić information content (AvgIpc) is 2.76. The van der Waals surface area contributed by atoms with E-state index in [2.05, 4.69) is 57.3 Å². The zero-order chi connectivity index (χ0) is 13.8. The van der Waals surface area contributed by atoms with Gasteiger partial charge in [0.2, 0.25) is 0 Å². The molecular weight excluding hydrogens is 230 g/mol. The van der Waals surface area contributed by atoms with Crippen molar-refractivity contribution in [3.8, 4) is 0 Å². The Labute approximate surface area is 118 Å². The first-order valence-corrected chi connectivity index (χ1v) is 7.88. The summed E-state index contributed by atoms with van der Waals surface area (Å²) in [6.07, 6.45) is 3.78. The lowest BCUT2D eigenvalue weighted by molar-refractivity contribution is 0.434. The highest BCUT2D eigenvalue weighted by molar-refractivity contribution is 5.27. The first-order valence-electron chi connectivity index (χ1n) is 7.88. The highest BCUT2D eigenvalue weighted by atomic mass is 14.9. The minimum atomic E-state index is 0.677. The third-order valence-electron chi connectivity index (χ3n) is 4.12. The molecule has 0 radical (unpaired) electrons. The van der Waals surface area contributed by atoms with Crippen LogP contribution in [0.25, 0.3) is 0 Å². The van der Waals surface area contributed by atoms with E-state index in [1.54, 1.807) is 0 Å². The van der Waals surface area contributed by atoms with Crippen LogP contribution in [0.5, 0.6) is 0 Å². The SMILES string of the molecule is CC(C)Cc1ccc(C2CCNC2CC(C)C)cc1. The molecule has 1 saturated heterocycles. The summed E-state index contributed by atoms with van der Waals surface area (Å²) in [6, 6.07) is 10.1. The maximum atomic E-state index is 3.68. The van der Waals surface area contributed by atoms with E-state index in [9.17, 15) is 0 Å². The number of hydrogen-bond acceptors (Lipinski definition) is 1. The van der Waals surface area contributed by atoms with Crippen LogP contribution in [0.3, 0.4) is 0 Å². The van der Waals surface area contributed by atoms with Crippen LogP contribution < -0.4 is 5.32 Å². The van der Waals surface area contributed by atoms with Gasteiger partial charge in [-0.1, -0.05) is 52.0 Å². The fourth-order valence-corrected chi connectivity index (χ4v) is 3.29. The summed E-state index contributed by atoms with van der Waals surface area (Å²) in [7, 11) is 0. The highest BCUT2D eigenvalue weighted by Crippen LogP contribution is 2.31. The van der Waals surface area contributed by atoms with Crippen molar-refractivity contribution >= 4 is 0 Å². The second-order valence-corrected chi connectivity index (χ2v) is 6.92. The summed E-state index contributed by atoms with van der Waals surface area (Å²) in [4.78, 5) is 0. The minimum absolute atomic E-state index is 0.677. The molecule has 1 aromatic carbocycles. The standard InChI is InChI=1S/C18H29N/c1-13(2)11-15-5-7-16(8-6-15)17-9-10-19-18(17)12-14(3)4/h5-8,13-14,17-19H,9-12H2,1-4H3. The highest BCUT2D eigenvalue weighted by Gasteiger charge is 2.28. The normalized spacial score (nSPS) is 23.5. The quantitative estimate of drug-likeness (QED) is 0.827. The van der Waals surface area contributed by atoms with Crippen molar-refractivity contribution in [3.05, 3.63) is 35.4 Å². The third-order valence-corrected chi connectivity index (χ3v) is 4.12. The predicted molar refractivity (Wildman–Crippen MR) is 83.6 cm³/mol. The van der Waals surface area contributed by atoms with Gasteiger partial charge in [0.15, 0.2) is 0 Å². The van der Waals surface area contributed by atoms with Crippen LogP contribution in [-0.2, 0) is 6.42 Å². The molecule has 1 fully saturated rings. The molecular formula is C18H29N. The zero-order valence-electron chi connectivity index (χ0n) is 12.9. The zero-order valence-corrected chi connectivity index (χ0v) is 12.9. The van der Waals surface area contributed by atoms with Gasteiger partial charge in [-0.15, -0.1) is 0 Å². The van der Waals surface area contributed by atoms with E-state index < -0.39 is 0 Å². The van der Waals surface area contributed by atoms with Gasteiger partial charge in [0.25, 0.3) is 0 Å². The Kier molecular flexibility index (Phi) is 5.04. The van der Waals surface area contributed by atoms with Gasteiger partial charge in [0, 0.05) is 12.0 Å². The number of benzene rings is 1. The van der Waals surface area contributed by atoms with E-state index in [0.29, 0.717) is 6.04 Å². The Bertz CT molecular complexity index is 377. The monoisotopic (exact) mass is 259 g/mol. The minimum Gasteiger partial charge on any atom is -0.313 e. The molecule has 19 heavy (non-hydrogen) atoms. The van der Waals surface area contributed by atoms with Crippen molar-refractivity contribution in [2.45, 2.75) is 58.9 Å². The smallest absolute Gasteiger partial charge is 0.0139 e. The molecule has 106 valence electrons. The van der Waals surface area contributed by atoms with E-state index in [4.69, 9.17) is 0 Å². The largest absolute Gasteiger partial charge is 0.313 e. The first-order chi connectivity index (χ1) is 9.06. The van der Waals surface area contributed by atoms with E-state index in [-0.39, 0.29) is 0 Å². The van der Waals surface area contributed by atoms with Gasteiger partial charge >= 0.3 is 0 Å². The molecule has 1 aliphatic rings. The molecule has 0 bridgehead atoms. The molecule has 1 heterocycles. The van der Waals surface area contributed by atoms with E-state index in [1.807, 2.05) is 0 Å². The van der Waals surface area contributed by atoms with Crippen molar-refractivity contribution in [1.82, 2.24) is 5.32 Å². The summed E-state index contributed by atoms with van der Waals surface area (Å²) >= 11 is 0. The molecule has 2 atom stereocenters. The van der Waals surface area contributed by atoms with E-state index in [0.717, 1.165) is 17.8 Å². The molecule has 1 aromatic rings. The van der Waals surface area contributed by atoms with Gasteiger partial charge in [-0.3, -0.25) is 0 Å². The van der Waals surface area contributed by atoms with Gasteiger partial charge in [-0.25, -0.2) is 0 Å². The van der Waals surface area contributed by atoms with Crippen LogP contribution in [0.15, 0.2) is 24.3 Å². The molecule has 0 saturated carbocycles. The molecule has 1 nitrogen and oxygen atoms in total. The van der Waals surface area contributed by atoms with Crippen molar-refractivity contribution in [1.29, 1.82) is 0 Å². The second kappa shape index (κ2) is 6.56. The van der Waals surface area contributed by atoms with Crippen molar-refractivity contribution in [3.63, 3.8) is 0 Å². The fourth-order valence-electron chi connectivity index (χ4n) is 3.29. The Morgan fingerprint density at radius 3 is 2.32 bits per heavy atom. The first kappa shape index (κ1) is 14.6. The number of hydrogen-bond donors (Lipinski definition) is 1. The van der Waals surface area contributed by atoms with Crippen molar-refractivity contribution in [2.24, 2.45) is 11.8 Å². The topological polar surface area (TPSA) is 12.0 Å². The van der Waals surface area contributed by atoms with E-state index in [1.165, 1.54) is 36.9 Å². The number of rotatable bonds is 5. The van der Waals surface area contributed by atoms with Gasteiger partial charge in [0.1, 0.15) is 0 Å². The van der Waals surface area contributed by atoms with Crippen LogP contribution in [0.1, 0.15) is 57.6 Å². The molecule has 0 amide bonds. The molecule has 0 aliphatic carbocycles. The Hall–Kier alpha value is -0.820. The van der Waals surface area contributed by atoms with Crippen molar-refractivity contribution in [2.75, 3.05) is 6.54 Å². The predicted octanol–water partition coefficient (Wildman–Crippen LogP) is 4.38. The van der Waals surface area contributed by atoms with Crippen LogP contribution in [0.2, 0.25) is 0 Å². The van der Waals surface area contributed by atoms with Crippen LogP contribution >= 0.6 is 0 Å². The molecule has 2 rings (SSSR count). The Morgan fingerprint density at radius 1 is 1.05 bits per heavy atom. The summed E-state index contributed by atoms with van der Waals surface area (Å²) in [6.45, 7) is 10.4. The van der Waals surface area contributed by atoms with E-state index >= 15 is 0 Å².